The standard InChI is InChI=1S/C21H16N2O/c24-20-7-3-6-16-17-10-13(8-9-19(17)23-21(16)20)18-12-22-11-14-4-1-2-5-15(14)18/h1-2,4-5,8-12,23H,3,6-7H2. The predicted molar refractivity (Wildman–Crippen MR) is 96.3 cm³/mol. The molecule has 4 aromatic rings. The summed E-state index contributed by atoms with van der Waals surface area (Å²) in [7, 11) is 0. The van der Waals surface area contributed by atoms with Crippen LogP contribution in [0, 0.1) is 0 Å². The quantitative estimate of drug-likeness (QED) is 0.543. The molecule has 0 bridgehead atoms. The third kappa shape index (κ3) is 1.91. The zero-order valence-corrected chi connectivity index (χ0v) is 13.2. The normalized spacial score (nSPS) is 14.2. The van der Waals surface area contributed by atoms with Gasteiger partial charge in [0, 0.05) is 40.7 Å². The average Bonchev–Trinajstić information content (AvgIpc) is 3.01. The maximum absolute atomic E-state index is 12.1. The molecular weight excluding hydrogens is 296 g/mol. The second-order valence-electron chi connectivity index (χ2n) is 6.42. The third-order valence-electron chi connectivity index (χ3n) is 4.99. The van der Waals surface area contributed by atoms with Crippen molar-refractivity contribution in [1.29, 1.82) is 0 Å². The number of hydrogen-bond donors (Lipinski definition) is 1. The van der Waals surface area contributed by atoms with Crippen molar-refractivity contribution in [1.82, 2.24) is 9.97 Å². The number of aromatic nitrogens is 2. The number of pyridine rings is 1. The first-order chi connectivity index (χ1) is 11.8. The highest BCUT2D eigenvalue weighted by molar-refractivity contribution is 6.05. The molecule has 0 saturated heterocycles. The minimum atomic E-state index is 0.237. The van der Waals surface area contributed by atoms with Crippen molar-refractivity contribution in [3.05, 3.63) is 66.1 Å². The molecule has 5 rings (SSSR count). The van der Waals surface area contributed by atoms with E-state index in [9.17, 15) is 4.79 Å². The number of nitrogens with one attached hydrogen (secondary N) is 1. The van der Waals surface area contributed by atoms with Crippen molar-refractivity contribution >= 4 is 27.5 Å². The first-order valence-corrected chi connectivity index (χ1v) is 8.32. The Kier molecular flexibility index (Phi) is 2.83. The molecule has 0 radical (unpaired) electrons. The molecule has 0 spiro atoms. The molecule has 0 fully saturated rings. The molecule has 1 N–H and O–H groups in total. The summed E-state index contributed by atoms with van der Waals surface area (Å²) in [4.78, 5) is 19.9. The van der Waals surface area contributed by atoms with Gasteiger partial charge >= 0.3 is 0 Å². The van der Waals surface area contributed by atoms with Crippen molar-refractivity contribution in [2.75, 3.05) is 0 Å². The number of fused-ring (bicyclic) bond motifs is 4. The van der Waals surface area contributed by atoms with Crippen molar-refractivity contribution in [2.45, 2.75) is 19.3 Å². The molecule has 1 aliphatic rings. The van der Waals surface area contributed by atoms with Crippen molar-refractivity contribution < 1.29 is 4.79 Å². The fourth-order valence-electron chi connectivity index (χ4n) is 3.81. The van der Waals surface area contributed by atoms with E-state index >= 15 is 0 Å². The minimum Gasteiger partial charge on any atom is -0.352 e. The van der Waals surface area contributed by atoms with Gasteiger partial charge in [0.2, 0.25) is 0 Å². The molecule has 24 heavy (non-hydrogen) atoms. The maximum Gasteiger partial charge on any atom is 0.179 e. The Labute approximate surface area is 139 Å². The maximum atomic E-state index is 12.1. The van der Waals surface area contributed by atoms with Crippen LogP contribution in [0.15, 0.2) is 54.9 Å². The van der Waals surface area contributed by atoms with E-state index in [4.69, 9.17) is 0 Å². The number of aromatic amines is 1. The summed E-state index contributed by atoms with van der Waals surface area (Å²) in [5, 5.41) is 3.51. The monoisotopic (exact) mass is 312 g/mol. The van der Waals surface area contributed by atoms with E-state index in [1.54, 1.807) is 0 Å². The van der Waals surface area contributed by atoms with Gasteiger partial charge in [0.1, 0.15) is 0 Å². The van der Waals surface area contributed by atoms with Gasteiger partial charge < -0.3 is 4.98 Å². The molecule has 0 saturated carbocycles. The van der Waals surface area contributed by atoms with Crippen LogP contribution in [0.25, 0.3) is 32.8 Å². The van der Waals surface area contributed by atoms with Gasteiger partial charge in [0.15, 0.2) is 5.78 Å². The number of carbonyl (C=O) groups is 1. The van der Waals surface area contributed by atoms with Gasteiger partial charge in [-0.25, -0.2) is 0 Å². The Morgan fingerprint density at radius 2 is 1.88 bits per heavy atom. The largest absolute Gasteiger partial charge is 0.352 e. The number of benzene rings is 2. The van der Waals surface area contributed by atoms with Gasteiger partial charge in [-0.1, -0.05) is 30.3 Å². The van der Waals surface area contributed by atoms with E-state index in [-0.39, 0.29) is 5.78 Å². The fraction of sp³-hybridized carbons (Fsp3) is 0.143. The zero-order valence-electron chi connectivity index (χ0n) is 13.2. The summed E-state index contributed by atoms with van der Waals surface area (Å²) in [6, 6.07) is 14.7. The lowest BCUT2D eigenvalue weighted by molar-refractivity contribution is 0.0968. The lowest BCUT2D eigenvalue weighted by Gasteiger charge is -2.10. The lowest BCUT2D eigenvalue weighted by Crippen LogP contribution is -2.09. The Morgan fingerprint density at radius 1 is 0.958 bits per heavy atom. The number of carbonyl (C=O) groups excluding carboxylic acids is 1. The molecule has 0 amide bonds. The molecule has 1 aliphatic carbocycles. The first kappa shape index (κ1) is 13.5. The van der Waals surface area contributed by atoms with E-state index in [2.05, 4.69) is 46.4 Å². The molecule has 0 aliphatic heterocycles. The van der Waals surface area contributed by atoms with Gasteiger partial charge in [0.05, 0.1) is 5.69 Å². The number of nitrogens with zero attached hydrogens (tertiary/aromatic N) is 1. The Hall–Kier alpha value is -2.94. The zero-order chi connectivity index (χ0) is 16.1. The molecule has 3 heteroatoms. The van der Waals surface area contributed by atoms with Gasteiger partial charge in [-0.15, -0.1) is 0 Å². The minimum absolute atomic E-state index is 0.237. The Bertz CT molecular complexity index is 1100. The van der Waals surface area contributed by atoms with Crippen LogP contribution in [0.4, 0.5) is 0 Å². The van der Waals surface area contributed by atoms with E-state index in [1.165, 1.54) is 16.3 Å². The van der Waals surface area contributed by atoms with Gasteiger partial charge in [0.25, 0.3) is 0 Å². The van der Waals surface area contributed by atoms with Crippen LogP contribution in [-0.2, 0) is 6.42 Å². The smallest absolute Gasteiger partial charge is 0.179 e. The van der Waals surface area contributed by atoms with Crippen LogP contribution in [0.1, 0.15) is 28.9 Å². The lowest BCUT2D eigenvalue weighted by atomic mass is 9.93. The van der Waals surface area contributed by atoms with Gasteiger partial charge in [-0.3, -0.25) is 9.78 Å². The van der Waals surface area contributed by atoms with Gasteiger partial charge in [-0.05, 0) is 41.5 Å². The SMILES string of the molecule is O=C1CCCc2c1[nH]c1ccc(-c3cncc4ccccc34)cc21. The molecule has 116 valence electrons. The van der Waals surface area contributed by atoms with Crippen molar-refractivity contribution in [3.8, 4) is 11.1 Å². The van der Waals surface area contributed by atoms with E-state index in [1.807, 2.05) is 18.5 Å². The second kappa shape index (κ2) is 5.03. The van der Waals surface area contributed by atoms with E-state index in [0.717, 1.165) is 40.6 Å². The molecule has 3 nitrogen and oxygen atoms in total. The van der Waals surface area contributed by atoms with Crippen molar-refractivity contribution in [2.24, 2.45) is 0 Å². The molecular formula is C21H16N2O. The molecule has 2 aromatic carbocycles. The van der Waals surface area contributed by atoms with Gasteiger partial charge in [-0.2, -0.15) is 0 Å². The third-order valence-corrected chi connectivity index (χ3v) is 4.99. The summed E-state index contributed by atoms with van der Waals surface area (Å²) < 4.78 is 0. The van der Waals surface area contributed by atoms with Crippen molar-refractivity contribution in [3.63, 3.8) is 0 Å². The first-order valence-electron chi connectivity index (χ1n) is 8.32. The topological polar surface area (TPSA) is 45.8 Å². The molecule has 0 atom stereocenters. The van der Waals surface area contributed by atoms with Crippen LogP contribution in [-0.4, -0.2) is 15.8 Å². The second-order valence-corrected chi connectivity index (χ2v) is 6.42. The van der Waals surface area contributed by atoms with Crippen LogP contribution >= 0.6 is 0 Å². The number of rotatable bonds is 1. The number of aryl methyl sites for hydroxylation is 1. The number of hydrogen-bond acceptors (Lipinski definition) is 2. The summed E-state index contributed by atoms with van der Waals surface area (Å²) in [5.74, 6) is 0.237. The fourth-order valence-corrected chi connectivity index (χ4v) is 3.81. The summed E-state index contributed by atoms with van der Waals surface area (Å²) in [5.41, 5.74) is 5.31. The Morgan fingerprint density at radius 3 is 2.83 bits per heavy atom. The highest BCUT2D eigenvalue weighted by Gasteiger charge is 2.22. The number of ketones is 1. The summed E-state index contributed by atoms with van der Waals surface area (Å²) in [6.45, 7) is 0. The molecule has 2 aromatic heterocycles. The predicted octanol–water partition coefficient (Wildman–Crippen LogP) is 4.90. The van der Waals surface area contributed by atoms with E-state index in [0.29, 0.717) is 6.42 Å². The van der Waals surface area contributed by atoms with Crippen LogP contribution in [0.3, 0.4) is 0 Å². The van der Waals surface area contributed by atoms with Crippen LogP contribution in [0.2, 0.25) is 0 Å². The number of H-pyrrole nitrogens is 1. The van der Waals surface area contributed by atoms with E-state index < -0.39 is 0 Å². The summed E-state index contributed by atoms with van der Waals surface area (Å²) in [6.07, 6.45) is 6.39. The highest BCUT2D eigenvalue weighted by atomic mass is 16.1. The highest BCUT2D eigenvalue weighted by Crippen LogP contribution is 2.34. The summed E-state index contributed by atoms with van der Waals surface area (Å²) >= 11 is 0. The van der Waals surface area contributed by atoms with Crippen LogP contribution in [0.5, 0.6) is 0 Å². The average molecular weight is 312 g/mol. The number of Topliss-reactive ketones (excluding diaryl/α,β-unsaturated/α-hetero) is 1. The Balaban J connectivity index is 1.77. The molecule has 2 heterocycles. The molecule has 0 unspecified atom stereocenters. The van der Waals surface area contributed by atoms with Crippen LogP contribution < -0.4 is 0 Å².